The Morgan fingerprint density at radius 3 is 2.35 bits per heavy atom. The van der Waals surface area contributed by atoms with E-state index in [-0.39, 0.29) is 12.5 Å². The quantitative estimate of drug-likeness (QED) is 0.770. The first kappa shape index (κ1) is 12.4. The van der Waals surface area contributed by atoms with Gasteiger partial charge in [0.15, 0.2) is 5.54 Å². The van der Waals surface area contributed by atoms with Crippen molar-refractivity contribution in [2.24, 2.45) is 5.41 Å². The van der Waals surface area contributed by atoms with Crippen molar-refractivity contribution in [2.75, 3.05) is 13.2 Å². The molecule has 5 nitrogen and oxygen atoms in total. The van der Waals surface area contributed by atoms with Crippen molar-refractivity contribution in [3.05, 3.63) is 0 Å². The molecule has 2 aliphatic rings. The summed E-state index contributed by atoms with van der Waals surface area (Å²) in [6, 6.07) is 0. The van der Waals surface area contributed by atoms with Gasteiger partial charge < -0.3 is 15.2 Å². The first-order valence-electron chi connectivity index (χ1n) is 6.12. The third kappa shape index (κ3) is 2.16. The van der Waals surface area contributed by atoms with E-state index in [1.165, 1.54) is 0 Å². The summed E-state index contributed by atoms with van der Waals surface area (Å²) in [7, 11) is 0. The highest BCUT2D eigenvalue weighted by atomic mass is 16.5. The van der Waals surface area contributed by atoms with Crippen LogP contribution in [0.2, 0.25) is 0 Å². The number of aliphatic carboxylic acids is 1. The second-order valence-corrected chi connectivity index (χ2v) is 5.41. The Bertz CT molecular complexity index is 327. The largest absolute Gasteiger partial charge is 0.479 e. The lowest BCUT2D eigenvalue weighted by molar-refractivity contribution is -0.149. The molecule has 0 aromatic heterocycles. The fourth-order valence-electron chi connectivity index (χ4n) is 2.64. The fraction of sp³-hybridized carbons (Fsp3) is 0.833. The van der Waals surface area contributed by atoms with Crippen molar-refractivity contribution in [1.82, 2.24) is 5.32 Å². The maximum atomic E-state index is 12.2. The van der Waals surface area contributed by atoms with E-state index in [2.05, 4.69) is 5.32 Å². The molecule has 1 aliphatic heterocycles. The minimum Gasteiger partial charge on any atom is -0.479 e. The van der Waals surface area contributed by atoms with Gasteiger partial charge in [-0.25, -0.2) is 4.79 Å². The third-order valence-electron chi connectivity index (χ3n) is 4.04. The van der Waals surface area contributed by atoms with E-state index >= 15 is 0 Å². The zero-order chi connectivity index (χ0) is 12.5. The summed E-state index contributed by atoms with van der Waals surface area (Å²) in [6.07, 6.45) is 4.12. The summed E-state index contributed by atoms with van der Waals surface area (Å²) in [6.45, 7) is 2.38. The van der Waals surface area contributed by atoms with Gasteiger partial charge in [0.25, 0.3) is 0 Å². The lowest BCUT2D eigenvalue weighted by Crippen LogP contribution is -2.58. The van der Waals surface area contributed by atoms with E-state index in [0.717, 1.165) is 25.7 Å². The Hall–Kier alpha value is -1.10. The molecule has 5 heteroatoms. The first-order chi connectivity index (χ1) is 7.99. The molecular weight excluding hydrogens is 222 g/mol. The SMILES string of the molecule is CC1(C(=O)NC2(C(=O)O)CCOC2)CCCC1. The maximum Gasteiger partial charge on any atom is 0.331 e. The van der Waals surface area contributed by atoms with Crippen molar-refractivity contribution in [2.45, 2.75) is 44.6 Å². The smallest absolute Gasteiger partial charge is 0.331 e. The van der Waals surface area contributed by atoms with Crippen LogP contribution in [0.1, 0.15) is 39.0 Å². The molecule has 1 saturated carbocycles. The Kier molecular flexibility index (Phi) is 3.12. The monoisotopic (exact) mass is 241 g/mol. The topological polar surface area (TPSA) is 75.6 Å². The number of carboxylic acid groups (broad SMARTS) is 1. The minimum atomic E-state index is -1.21. The minimum absolute atomic E-state index is 0.0736. The fourth-order valence-corrected chi connectivity index (χ4v) is 2.64. The number of hydrogen-bond acceptors (Lipinski definition) is 3. The number of hydrogen-bond donors (Lipinski definition) is 2. The van der Waals surface area contributed by atoms with E-state index in [9.17, 15) is 14.7 Å². The van der Waals surface area contributed by atoms with Crippen LogP contribution in [0.5, 0.6) is 0 Å². The summed E-state index contributed by atoms with van der Waals surface area (Å²) in [5, 5.41) is 12.0. The first-order valence-corrected chi connectivity index (χ1v) is 6.12. The van der Waals surface area contributed by atoms with Crippen LogP contribution >= 0.6 is 0 Å². The number of nitrogens with one attached hydrogen (secondary N) is 1. The lowest BCUT2D eigenvalue weighted by Gasteiger charge is -2.30. The highest BCUT2D eigenvalue weighted by molar-refractivity contribution is 5.90. The Morgan fingerprint density at radius 2 is 1.88 bits per heavy atom. The molecule has 1 unspecified atom stereocenters. The molecule has 1 atom stereocenters. The van der Waals surface area contributed by atoms with Gasteiger partial charge in [0.05, 0.1) is 6.61 Å². The van der Waals surface area contributed by atoms with Crippen LogP contribution in [0.3, 0.4) is 0 Å². The van der Waals surface area contributed by atoms with Gasteiger partial charge in [-0.1, -0.05) is 19.8 Å². The van der Waals surface area contributed by atoms with Gasteiger partial charge in [-0.2, -0.15) is 0 Å². The van der Waals surface area contributed by atoms with Crippen molar-refractivity contribution in [3.63, 3.8) is 0 Å². The summed E-state index contributed by atoms with van der Waals surface area (Å²) < 4.78 is 5.12. The Labute approximate surface area is 101 Å². The number of carbonyl (C=O) groups is 2. The molecule has 17 heavy (non-hydrogen) atoms. The number of carbonyl (C=O) groups excluding carboxylic acids is 1. The molecule has 0 bridgehead atoms. The predicted molar refractivity (Wildman–Crippen MR) is 60.5 cm³/mol. The van der Waals surface area contributed by atoms with E-state index in [0.29, 0.717) is 13.0 Å². The van der Waals surface area contributed by atoms with Crippen molar-refractivity contribution in [1.29, 1.82) is 0 Å². The Morgan fingerprint density at radius 1 is 1.24 bits per heavy atom. The highest BCUT2D eigenvalue weighted by Crippen LogP contribution is 2.38. The molecule has 0 aromatic carbocycles. The summed E-state index contributed by atoms with van der Waals surface area (Å²) >= 11 is 0. The van der Waals surface area contributed by atoms with Gasteiger partial charge in [0.1, 0.15) is 0 Å². The molecule has 1 amide bonds. The van der Waals surface area contributed by atoms with Gasteiger partial charge in [-0.05, 0) is 12.8 Å². The summed E-state index contributed by atoms with van der Waals surface area (Å²) in [5.41, 5.74) is -1.60. The molecule has 2 rings (SSSR count). The second-order valence-electron chi connectivity index (χ2n) is 5.41. The van der Waals surface area contributed by atoms with Crippen LogP contribution < -0.4 is 5.32 Å². The number of ether oxygens (including phenoxy) is 1. The van der Waals surface area contributed by atoms with Gasteiger partial charge in [0.2, 0.25) is 5.91 Å². The van der Waals surface area contributed by atoms with Crippen LogP contribution in [-0.2, 0) is 14.3 Å². The Balaban J connectivity index is 2.08. The zero-order valence-electron chi connectivity index (χ0n) is 10.1. The van der Waals surface area contributed by atoms with Crippen LogP contribution in [0, 0.1) is 5.41 Å². The van der Waals surface area contributed by atoms with E-state index < -0.39 is 16.9 Å². The van der Waals surface area contributed by atoms with Crippen LogP contribution in [-0.4, -0.2) is 35.7 Å². The van der Waals surface area contributed by atoms with E-state index in [4.69, 9.17) is 4.74 Å². The molecular formula is C12H19NO4. The van der Waals surface area contributed by atoms with Crippen LogP contribution in [0.4, 0.5) is 0 Å². The van der Waals surface area contributed by atoms with Crippen molar-refractivity contribution < 1.29 is 19.4 Å². The van der Waals surface area contributed by atoms with Crippen molar-refractivity contribution in [3.8, 4) is 0 Å². The molecule has 0 spiro atoms. The third-order valence-corrected chi connectivity index (χ3v) is 4.04. The van der Waals surface area contributed by atoms with Crippen molar-refractivity contribution >= 4 is 11.9 Å². The summed E-state index contributed by atoms with van der Waals surface area (Å²) in [5.74, 6) is -1.13. The van der Waals surface area contributed by atoms with Gasteiger partial charge in [-0.3, -0.25) is 4.79 Å². The van der Waals surface area contributed by atoms with Gasteiger partial charge in [0, 0.05) is 18.4 Å². The van der Waals surface area contributed by atoms with Gasteiger partial charge in [-0.15, -0.1) is 0 Å². The molecule has 0 aromatic rings. The number of amides is 1. The molecule has 2 N–H and O–H groups in total. The second kappa shape index (κ2) is 4.29. The summed E-state index contributed by atoms with van der Waals surface area (Å²) in [4.78, 5) is 23.5. The highest BCUT2D eigenvalue weighted by Gasteiger charge is 2.47. The average molecular weight is 241 g/mol. The normalized spacial score (nSPS) is 31.4. The van der Waals surface area contributed by atoms with Crippen LogP contribution in [0.25, 0.3) is 0 Å². The average Bonchev–Trinajstić information content (AvgIpc) is 2.88. The standard InChI is InChI=1S/C12H19NO4/c1-11(4-2-3-5-11)9(14)13-12(10(15)16)6-7-17-8-12/h2-8H2,1H3,(H,13,14)(H,15,16). The van der Waals surface area contributed by atoms with E-state index in [1.807, 2.05) is 6.92 Å². The molecule has 1 aliphatic carbocycles. The van der Waals surface area contributed by atoms with E-state index in [1.54, 1.807) is 0 Å². The molecule has 2 fully saturated rings. The lowest BCUT2D eigenvalue weighted by atomic mass is 9.86. The maximum absolute atomic E-state index is 12.2. The molecule has 1 saturated heterocycles. The zero-order valence-corrected chi connectivity index (χ0v) is 10.1. The number of carboxylic acids is 1. The molecule has 96 valence electrons. The van der Waals surface area contributed by atoms with Crippen LogP contribution in [0.15, 0.2) is 0 Å². The number of rotatable bonds is 3. The molecule has 0 radical (unpaired) electrons. The van der Waals surface area contributed by atoms with Gasteiger partial charge >= 0.3 is 5.97 Å². The predicted octanol–water partition coefficient (Wildman–Crippen LogP) is 0.927. The molecule has 1 heterocycles.